The minimum atomic E-state index is -0.919. The summed E-state index contributed by atoms with van der Waals surface area (Å²) in [6, 6.07) is 0. The molecule has 1 N–H and O–H groups in total. The van der Waals surface area contributed by atoms with E-state index in [4.69, 9.17) is 9.84 Å². The van der Waals surface area contributed by atoms with Crippen LogP contribution in [-0.2, 0) is 14.3 Å². The summed E-state index contributed by atoms with van der Waals surface area (Å²) in [4.78, 5) is 23.0. The van der Waals surface area contributed by atoms with Gasteiger partial charge < -0.3 is 9.84 Å². The third kappa shape index (κ3) is 19.4. The van der Waals surface area contributed by atoms with Gasteiger partial charge in [0.2, 0.25) is 0 Å². The fraction of sp³-hybridized carbons (Fsp3) is 0.833. The van der Waals surface area contributed by atoms with Crippen LogP contribution >= 0.6 is 0 Å². The average molecular weight is 397 g/mol. The summed E-state index contributed by atoms with van der Waals surface area (Å²) in [5, 5.41) is 9.03. The summed E-state index contributed by atoms with van der Waals surface area (Å²) >= 11 is 0. The molecule has 0 aromatic rings. The molecular formula is C24H44O4. The van der Waals surface area contributed by atoms with Crippen molar-refractivity contribution < 1.29 is 19.4 Å². The van der Waals surface area contributed by atoms with Gasteiger partial charge in [-0.05, 0) is 19.3 Å². The number of carboxylic acids is 1. The molecule has 0 aromatic carbocycles. The van der Waals surface area contributed by atoms with Crippen LogP contribution in [0.25, 0.3) is 0 Å². The maximum absolute atomic E-state index is 12.0. The van der Waals surface area contributed by atoms with Crippen LogP contribution in [0.4, 0.5) is 0 Å². The van der Waals surface area contributed by atoms with Gasteiger partial charge in [0, 0.05) is 12.8 Å². The molecule has 0 spiro atoms. The zero-order valence-corrected chi connectivity index (χ0v) is 18.4. The minimum Gasteiger partial charge on any atom is -0.481 e. The van der Waals surface area contributed by atoms with E-state index in [1.807, 2.05) is 6.08 Å². The number of allylic oxidation sites excluding steroid dienone is 1. The lowest BCUT2D eigenvalue weighted by Gasteiger charge is -2.14. The molecule has 0 fully saturated rings. The second-order valence-corrected chi connectivity index (χ2v) is 7.84. The Kier molecular flexibility index (Phi) is 19.5. The van der Waals surface area contributed by atoms with E-state index in [2.05, 4.69) is 19.9 Å². The highest BCUT2D eigenvalue weighted by Crippen LogP contribution is 2.13. The zero-order valence-electron chi connectivity index (χ0n) is 18.4. The highest BCUT2D eigenvalue weighted by atomic mass is 16.5. The van der Waals surface area contributed by atoms with E-state index in [1.165, 1.54) is 64.2 Å². The van der Waals surface area contributed by atoms with Crippen LogP contribution in [0.1, 0.15) is 123 Å². The van der Waals surface area contributed by atoms with Crippen molar-refractivity contribution in [2.45, 2.75) is 129 Å². The van der Waals surface area contributed by atoms with Gasteiger partial charge in [0.15, 0.2) is 0 Å². The third-order valence-electron chi connectivity index (χ3n) is 4.97. The lowest BCUT2D eigenvalue weighted by Crippen LogP contribution is -2.21. The van der Waals surface area contributed by atoms with Crippen molar-refractivity contribution >= 4 is 11.9 Å². The first kappa shape index (κ1) is 26.7. The lowest BCUT2D eigenvalue weighted by atomic mass is 10.1. The summed E-state index contributed by atoms with van der Waals surface area (Å²) in [5.41, 5.74) is 0. The highest BCUT2D eigenvalue weighted by molar-refractivity contribution is 5.71. The normalized spacial score (nSPS) is 12.4. The first-order valence-corrected chi connectivity index (χ1v) is 11.7. The van der Waals surface area contributed by atoms with Gasteiger partial charge in [0.1, 0.15) is 6.10 Å². The molecule has 28 heavy (non-hydrogen) atoms. The Balaban J connectivity index is 3.87. The Labute approximate surface area is 173 Å². The molecule has 0 rings (SSSR count). The number of carboxylic acid groups (broad SMARTS) is 1. The molecule has 0 bridgehead atoms. The molecule has 0 aliphatic carbocycles. The predicted octanol–water partition coefficient (Wildman–Crippen LogP) is 7.21. The minimum absolute atomic E-state index is 0.121. The molecule has 0 radical (unpaired) electrons. The molecule has 164 valence electrons. The van der Waals surface area contributed by atoms with Gasteiger partial charge in [-0.15, -0.1) is 0 Å². The maximum atomic E-state index is 12.0. The lowest BCUT2D eigenvalue weighted by molar-refractivity contribution is -0.152. The first-order chi connectivity index (χ1) is 13.6. The number of unbranched alkanes of at least 4 members (excludes halogenated alkanes) is 12. The van der Waals surface area contributed by atoms with E-state index in [-0.39, 0.29) is 12.4 Å². The Morgan fingerprint density at radius 3 is 1.89 bits per heavy atom. The van der Waals surface area contributed by atoms with Crippen LogP contribution in [0.15, 0.2) is 12.2 Å². The average Bonchev–Trinajstić information content (AvgIpc) is 2.65. The van der Waals surface area contributed by atoms with Crippen LogP contribution in [0.5, 0.6) is 0 Å². The highest BCUT2D eigenvalue weighted by Gasteiger charge is 2.16. The number of rotatable bonds is 20. The number of aliphatic carboxylic acids is 1. The molecule has 0 amide bonds. The van der Waals surface area contributed by atoms with E-state index in [0.29, 0.717) is 12.8 Å². The van der Waals surface area contributed by atoms with Crippen LogP contribution in [0.3, 0.4) is 0 Å². The number of hydrogen-bond donors (Lipinski definition) is 1. The van der Waals surface area contributed by atoms with Crippen molar-refractivity contribution in [1.82, 2.24) is 0 Å². The second kappa shape index (κ2) is 20.4. The quantitative estimate of drug-likeness (QED) is 0.134. The molecule has 4 heteroatoms. The molecule has 0 aromatic heterocycles. The van der Waals surface area contributed by atoms with Gasteiger partial charge in [-0.1, -0.05) is 96.6 Å². The molecule has 4 nitrogen and oxygen atoms in total. The largest absolute Gasteiger partial charge is 0.481 e. The van der Waals surface area contributed by atoms with E-state index < -0.39 is 12.1 Å². The van der Waals surface area contributed by atoms with Crippen LogP contribution in [0, 0.1) is 0 Å². The third-order valence-corrected chi connectivity index (χ3v) is 4.97. The molecule has 0 heterocycles. The van der Waals surface area contributed by atoms with Gasteiger partial charge in [0.05, 0.1) is 6.42 Å². The number of carbonyl (C=O) groups is 2. The molecule has 1 atom stereocenters. The zero-order chi connectivity index (χ0) is 20.9. The maximum Gasteiger partial charge on any atom is 0.307 e. The SMILES string of the molecule is CCCCCC/C=C\CC(CC(=O)O)OC(=O)CCCCCCCCCCC. The molecule has 0 saturated carbocycles. The Hall–Kier alpha value is -1.32. The molecule has 0 aliphatic rings. The summed E-state index contributed by atoms with van der Waals surface area (Å²) in [7, 11) is 0. The molecular weight excluding hydrogens is 352 g/mol. The summed E-state index contributed by atoms with van der Waals surface area (Å²) in [6.07, 6.45) is 21.0. The molecule has 1 unspecified atom stereocenters. The van der Waals surface area contributed by atoms with E-state index in [9.17, 15) is 9.59 Å². The van der Waals surface area contributed by atoms with Crippen molar-refractivity contribution in [3.8, 4) is 0 Å². The van der Waals surface area contributed by atoms with Gasteiger partial charge in [0.25, 0.3) is 0 Å². The van der Waals surface area contributed by atoms with Gasteiger partial charge in [-0.2, -0.15) is 0 Å². The van der Waals surface area contributed by atoms with Crippen LogP contribution in [0.2, 0.25) is 0 Å². The number of carbonyl (C=O) groups excluding carboxylic acids is 1. The van der Waals surface area contributed by atoms with Gasteiger partial charge >= 0.3 is 11.9 Å². The van der Waals surface area contributed by atoms with Crippen molar-refractivity contribution in [2.24, 2.45) is 0 Å². The van der Waals surface area contributed by atoms with Crippen molar-refractivity contribution in [1.29, 1.82) is 0 Å². The van der Waals surface area contributed by atoms with Crippen molar-refractivity contribution in [2.75, 3.05) is 0 Å². The smallest absolute Gasteiger partial charge is 0.307 e. The van der Waals surface area contributed by atoms with Crippen LogP contribution < -0.4 is 0 Å². The predicted molar refractivity (Wildman–Crippen MR) is 116 cm³/mol. The second-order valence-electron chi connectivity index (χ2n) is 7.84. The number of esters is 1. The molecule has 0 aliphatic heterocycles. The Bertz CT molecular complexity index is 403. The Morgan fingerprint density at radius 1 is 0.786 bits per heavy atom. The summed E-state index contributed by atoms with van der Waals surface area (Å²) in [6.45, 7) is 4.42. The topological polar surface area (TPSA) is 63.6 Å². The fourth-order valence-electron chi connectivity index (χ4n) is 3.25. The fourth-order valence-corrected chi connectivity index (χ4v) is 3.25. The van der Waals surface area contributed by atoms with Crippen LogP contribution in [-0.4, -0.2) is 23.1 Å². The number of ether oxygens (including phenoxy) is 1. The van der Waals surface area contributed by atoms with E-state index >= 15 is 0 Å². The summed E-state index contributed by atoms with van der Waals surface area (Å²) in [5.74, 6) is -1.18. The number of hydrogen-bond acceptors (Lipinski definition) is 3. The van der Waals surface area contributed by atoms with Crippen molar-refractivity contribution in [3.05, 3.63) is 12.2 Å². The van der Waals surface area contributed by atoms with Gasteiger partial charge in [-0.3, -0.25) is 9.59 Å². The molecule has 0 saturated heterocycles. The first-order valence-electron chi connectivity index (χ1n) is 11.7. The van der Waals surface area contributed by atoms with Crippen molar-refractivity contribution in [3.63, 3.8) is 0 Å². The standard InChI is InChI=1S/C24H44O4/c1-3-5-7-9-11-12-14-16-18-20-24(27)28-22(21-23(25)26)19-17-15-13-10-8-6-4-2/h15,17,22H,3-14,16,18-21H2,1-2H3,(H,25,26)/b17-15-. The Morgan fingerprint density at radius 2 is 1.32 bits per heavy atom. The monoisotopic (exact) mass is 396 g/mol. The van der Waals surface area contributed by atoms with E-state index in [1.54, 1.807) is 0 Å². The van der Waals surface area contributed by atoms with E-state index in [0.717, 1.165) is 25.7 Å². The summed E-state index contributed by atoms with van der Waals surface area (Å²) < 4.78 is 5.41. The van der Waals surface area contributed by atoms with Gasteiger partial charge in [-0.25, -0.2) is 0 Å².